The molecule has 27 heavy (non-hydrogen) atoms. The molecule has 1 N–H and O–H groups in total. The highest BCUT2D eigenvalue weighted by Gasteiger charge is 2.26. The van der Waals surface area contributed by atoms with Gasteiger partial charge < -0.3 is 9.88 Å². The van der Waals surface area contributed by atoms with Crippen molar-refractivity contribution in [2.75, 3.05) is 18.0 Å². The van der Waals surface area contributed by atoms with Crippen LogP contribution in [0.3, 0.4) is 0 Å². The summed E-state index contributed by atoms with van der Waals surface area (Å²) >= 11 is 0. The SMILES string of the molecule is CC(=O)c1ccc(C#N)c(N2CCC(c3c(C)[nH]c4ccccc34)CC2)c1. The molecule has 0 amide bonds. The molecule has 4 rings (SSSR count). The van der Waals surface area contributed by atoms with Gasteiger partial charge in [0.2, 0.25) is 0 Å². The number of anilines is 1. The van der Waals surface area contributed by atoms with E-state index >= 15 is 0 Å². The zero-order valence-corrected chi connectivity index (χ0v) is 15.7. The summed E-state index contributed by atoms with van der Waals surface area (Å²) in [6.45, 7) is 5.50. The Balaban J connectivity index is 1.59. The highest BCUT2D eigenvalue weighted by Crippen LogP contribution is 2.37. The van der Waals surface area contributed by atoms with Crippen molar-refractivity contribution in [3.8, 4) is 6.07 Å². The minimum absolute atomic E-state index is 0.0324. The number of piperidine rings is 1. The van der Waals surface area contributed by atoms with E-state index in [2.05, 4.69) is 47.1 Å². The third-order valence-electron chi connectivity index (χ3n) is 5.71. The van der Waals surface area contributed by atoms with Crippen molar-refractivity contribution in [1.29, 1.82) is 5.26 Å². The van der Waals surface area contributed by atoms with Gasteiger partial charge in [0, 0.05) is 35.2 Å². The van der Waals surface area contributed by atoms with Crippen LogP contribution in [0.1, 0.15) is 52.9 Å². The number of aryl methyl sites for hydroxylation is 1. The van der Waals surface area contributed by atoms with Gasteiger partial charge in [-0.15, -0.1) is 0 Å². The smallest absolute Gasteiger partial charge is 0.159 e. The number of hydrogen-bond acceptors (Lipinski definition) is 3. The molecule has 0 spiro atoms. The first kappa shape index (κ1) is 17.4. The number of Topliss-reactive ketones (excluding diaryl/α,β-unsaturated/α-hetero) is 1. The molecule has 0 saturated carbocycles. The zero-order valence-electron chi connectivity index (χ0n) is 15.7. The average Bonchev–Trinajstić information content (AvgIpc) is 3.03. The third kappa shape index (κ3) is 3.10. The van der Waals surface area contributed by atoms with Crippen molar-refractivity contribution in [3.05, 3.63) is 64.8 Å². The molecule has 0 radical (unpaired) electrons. The molecule has 2 heterocycles. The van der Waals surface area contributed by atoms with Crippen LogP contribution in [0, 0.1) is 18.3 Å². The number of nitriles is 1. The van der Waals surface area contributed by atoms with Gasteiger partial charge in [-0.2, -0.15) is 5.26 Å². The Hall–Kier alpha value is -3.06. The fourth-order valence-electron chi connectivity index (χ4n) is 4.34. The number of aromatic amines is 1. The first-order chi connectivity index (χ1) is 13.1. The summed E-state index contributed by atoms with van der Waals surface area (Å²) in [7, 11) is 0. The molecule has 1 saturated heterocycles. The van der Waals surface area contributed by atoms with Crippen molar-refractivity contribution in [3.63, 3.8) is 0 Å². The summed E-state index contributed by atoms with van der Waals surface area (Å²) in [5.74, 6) is 0.545. The number of benzene rings is 2. The topological polar surface area (TPSA) is 59.9 Å². The number of aromatic nitrogens is 1. The second kappa shape index (κ2) is 6.92. The van der Waals surface area contributed by atoms with Crippen LogP contribution in [0.15, 0.2) is 42.5 Å². The minimum atomic E-state index is 0.0324. The van der Waals surface area contributed by atoms with Gasteiger partial charge in [-0.1, -0.05) is 18.2 Å². The lowest BCUT2D eigenvalue weighted by Crippen LogP contribution is -2.33. The first-order valence-electron chi connectivity index (χ1n) is 9.45. The predicted molar refractivity (Wildman–Crippen MR) is 108 cm³/mol. The molecule has 2 aromatic carbocycles. The molecule has 0 bridgehead atoms. The van der Waals surface area contributed by atoms with Gasteiger partial charge in [-0.25, -0.2) is 0 Å². The van der Waals surface area contributed by atoms with Crippen molar-refractivity contribution in [2.24, 2.45) is 0 Å². The Bertz CT molecular complexity index is 1050. The van der Waals surface area contributed by atoms with E-state index in [1.54, 1.807) is 19.1 Å². The fraction of sp³-hybridized carbons (Fsp3) is 0.304. The normalized spacial score (nSPS) is 15.1. The van der Waals surface area contributed by atoms with Gasteiger partial charge in [0.05, 0.1) is 11.3 Å². The van der Waals surface area contributed by atoms with Crippen LogP contribution in [0.25, 0.3) is 10.9 Å². The van der Waals surface area contributed by atoms with Crippen molar-refractivity contribution in [1.82, 2.24) is 4.98 Å². The lowest BCUT2D eigenvalue weighted by atomic mass is 9.87. The van der Waals surface area contributed by atoms with Crippen LogP contribution >= 0.6 is 0 Å². The van der Waals surface area contributed by atoms with E-state index in [4.69, 9.17) is 0 Å². The molecule has 1 aromatic heterocycles. The van der Waals surface area contributed by atoms with Gasteiger partial charge in [0.25, 0.3) is 0 Å². The number of rotatable bonds is 3. The number of carbonyl (C=O) groups is 1. The molecule has 3 aromatic rings. The van der Waals surface area contributed by atoms with Crippen LogP contribution in [-0.2, 0) is 0 Å². The minimum Gasteiger partial charge on any atom is -0.370 e. The predicted octanol–water partition coefficient (Wildman–Crippen LogP) is 4.93. The van der Waals surface area contributed by atoms with E-state index in [1.165, 1.54) is 22.2 Å². The Morgan fingerprint density at radius 1 is 1.19 bits per heavy atom. The molecule has 1 aliphatic rings. The summed E-state index contributed by atoms with van der Waals surface area (Å²) in [6, 6.07) is 16.1. The summed E-state index contributed by atoms with van der Waals surface area (Å²) in [5, 5.41) is 10.8. The maximum atomic E-state index is 11.7. The largest absolute Gasteiger partial charge is 0.370 e. The van der Waals surface area contributed by atoms with E-state index < -0.39 is 0 Å². The first-order valence-corrected chi connectivity index (χ1v) is 9.45. The number of hydrogen-bond donors (Lipinski definition) is 1. The third-order valence-corrected chi connectivity index (χ3v) is 5.71. The van der Waals surface area contributed by atoms with E-state index in [9.17, 15) is 10.1 Å². The van der Waals surface area contributed by atoms with Crippen LogP contribution in [-0.4, -0.2) is 23.9 Å². The summed E-state index contributed by atoms with van der Waals surface area (Å²) < 4.78 is 0. The number of H-pyrrole nitrogens is 1. The van der Waals surface area contributed by atoms with Gasteiger partial charge >= 0.3 is 0 Å². The monoisotopic (exact) mass is 357 g/mol. The molecular formula is C23H23N3O. The fourth-order valence-corrected chi connectivity index (χ4v) is 4.34. The lowest BCUT2D eigenvalue weighted by Gasteiger charge is -2.34. The average molecular weight is 357 g/mol. The maximum Gasteiger partial charge on any atom is 0.159 e. The van der Waals surface area contributed by atoms with Gasteiger partial charge in [-0.3, -0.25) is 4.79 Å². The van der Waals surface area contributed by atoms with Gasteiger partial charge in [0.1, 0.15) is 6.07 Å². The molecule has 4 heteroatoms. The number of ketones is 1. The number of carbonyl (C=O) groups excluding carboxylic acids is 1. The number of nitrogens with one attached hydrogen (secondary N) is 1. The van der Waals surface area contributed by atoms with Crippen LogP contribution in [0.4, 0.5) is 5.69 Å². The second-order valence-corrected chi connectivity index (χ2v) is 7.37. The van der Waals surface area contributed by atoms with Crippen molar-refractivity contribution < 1.29 is 4.79 Å². The number of nitrogens with zero attached hydrogens (tertiary/aromatic N) is 2. The molecular weight excluding hydrogens is 334 g/mol. The number of fused-ring (bicyclic) bond motifs is 1. The van der Waals surface area contributed by atoms with E-state index in [0.717, 1.165) is 31.6 Å². The standard InChI is InChI=1S/C23H23N3O/c1-15-23(20-5-3-4-6-21(20)25-15)17-9-11-26(12-10-17)22-13-18(16(2)27)7-8-19(22)14-24/h3-8,13,17,25H,9-12H2,1-2H3. The summed E-state index contributed by atoms with van der Waals surface area (Å²) in [4.78, 5) is 17.5. The molecule has 0 atom stereocenters. The highest BCUT2D eigenvalue weighted by atomic mass is 16.1. The lowest BCUT2D eigenvalue weighted by molar-refractivity contribution is 0.101. The van der Waals surface area contributed by atoms with E-state index in [1.807, 2.05) is 6.07 Å². The second-order valence-electron chi connectivity index (χ2n) is 7.37. The highest BCUT2D eigenvalue weighted by molar-refractivity contribution is 5.95. The molecule has 0 aliphatic carbocycles. The van der Waals surface area contributed by atoms with Gasteiger partial charge in [-0.05, 0) is 62.4 Å². The van der Waals surface area contributed by atoms with E-state index in [-0.39, 0.29) is 5.78 Å². The molecule has 1 fully saturated rings. The van der Waals surface area contributed by atoms with Crippen LogP contribution < -0.4 is 4.90 Å². The number of para-hydroxylation sites is 1. The zero-order chi connectivity index (χ0) is 19.0. The Kier molecular flexibility index (Phi) is 4.45. The Morgan fingerprint density at radius 3 is 2.63 bits per heavy atom. The molecule has 0 unspecified atom stereocenters. The maximum absolute atomic E-state index is 11.7. The molecule has 136 valence electrons. The Morgan fingerprint density at radius 2 is 1.93 bits per heavy atom. The molecule has 1 aliphatic heterocycles. The van der Waals surface area contributed by atoms with Crippen molar-refractivity contribution in [2.45, 2.75) is 32.6 Å². The Labute approximate surface area is 159 Å². The van der Waals surface area contributed by atoms with E-state index in [0.29, 0.717) is 17.0 Å². The van der Waals surface area contributed by atoms with Crippen molar-refractivity contribution >= 4 is 22.4 Å². The quantitative estimate of drug-likeness (QED) is 0.676. The van der Waals surface area contributed by atoms with Gasteiger partial charge in [0.15, 0.2) is 5.78 Å². The van der Waals surface area contributed by atoms with Crippen LogP contribution in [0.5, 0.6) is 0 Å². The summed E-state index contributed by atoms with van der Waals surface area (Å²) in [5.41, 5.74) is 6.09. The molecule has 4 nitrogen and oxygen atoms in total. The van der Waals surface area contributed by atoms with Crippen LogP contribution in [0.2, 0.25) is 0 Å². The summed E-state index contributed by atoms with van der Waals surface area (Å²) in [6.07, 6.45) is 2.08.